The van der Waals surface area contributed by atoms with Gasteiger partial charge in [-0.1, -0.05) is 52.3 Å². The number of hydrogen-bond acceptors (Lipinski definition) is 3. The zero-order chi connectivity index (χ0) is 21.3. The third-order valence-electron chi connectivity index (χ3n) is 5.00. The van der Waals surface area contributed by atoms with Crippen molar-refractivity contribution in [2.45, 2.75) is 0 Å². The number of ether oxygens (including phenoxy) is 1. The SMILES string of the molecule is COc1ccccc1-c1c(NC(=O)c2cccc(Br)c2)n(C)c2ccccc2c1=O. The lowest BCUT2D eigenvalue weighted by atomic mass is 10.0. The molecule has 0 unspecified atom stereocenters. The van der Waals surface area contributed by atoms with E-state index in [0.717, 1.165) is 9.99 Å². The molecule has 0 spiro atoms. The Morgan fingerprint density at radius 1 is 1.00 bits per heavy atom. The summed E-state index contributed by atoms with van der Waals surface area (Å²) in [4.78, 5) is 26.5. The lowest BCUT2D eigenvalue weighted by Gasteiger charge is -2.19. The first kappa shape index (κ1) is 19.9. The Kier molecular flexibility index (Phi) is 5.42. The molecule has 5 nitrogen and oxygen atoms in total. The number of carbonyl (C=O) groups excluding carboxylic acids is 1. The molecule has 0 aliphatic rings. The van der Waals surface area contributed by atoms with Gasteiger partial charge in [0.1, 0.15) is 11.6 Å². The molecule has 6 heteroatoms. The fraction of sp³-hybridized carbons (Fsp3) is 0.0833. The van der Waals surface area contributed by atoms with Crippen LogP contribution in [0.5, 0.6) is 5.75 Å². The molecule has 0 saturated heterocycles. The maximum Gasteiger partial charge on any atom is 0.256 e. The van der Waals surface area contributed by atoms with Gasteiger partial charge in [-0.2, -0.15) is 0 Å². The van der Waals surface area contributed by atoms with Crippen molar-refractivity contribution in [2.24, 2.45) is 7.05 Å². The molecule has 4 aromatic rings. The van der Waals surface area contributed by atoms with Crippen molar-refractivity contribution in [1.82, 2.24) is 4.57 Å². The van der Waals surface area contributed by atoms with Gasteiger partial charge in [-0.15, -0.1) is 0 Å². The van der Waals surface area contributed by atoms with Crippen LogP contribution in [0.3, 0.4) is 0 Å². The molecule has 1 heterocycles. The van der Waals surface area contributed by atoms with Crippen LogP contribution in [-0.4, -0.2) is 17.6 Å². The number of methoxy groups -OCH3 is 1. The molecule has 0 aliphatic carbocycles. The highest BCUT2D eigenvalue weighted by Crippen LogP contribution is 2.34. The second-order valence-electron chi connectivity index (χ2n) is 6.79. The third-order valence-corrected chi connectivity index (χ3v) is 5.50. The predicted molar refractivity (Wildman–Crippen MR) is 123 cm³/mol. The average Bonchev–Trinajstić information content (AvgIpc) is 2.77. The molecule has 0 radical (unpaired) electrons. The van der Waals surface area contributed by atoms with Gasteiger partial charge in [-0.25, -0.2) is 0 Å². The van der Waals surface area contributed by atoms with Gasteiger partial charge in [-0.3, -0.25) is 9.59 Å². The molecule has 1 amide bonds. The Labute approximate surface area is 182 Å². The fourth-order valence-electron chi connectivity index (χ4n) is 3.55. The van der Waals surface area contributed by atoms with Crippen molar-refractivity contribution < 1.29 is 9.53 Å². The van der Waals surface area contributed by atoms with E-state index in [1.54, 1.807) is 37.4 Å². The molecule has 150 valence electrons. The molecule has 0 bridgehead atoms. The Hall–Kier alpha value is -3.38. The number of rotatable bonds is 4. The fourth-order valence-corrected chi connectivity index (χ4v) is 3.94. The first-order valence-corrected chi connectivity index (χ1v) is 10.1. The van der Waals surface area contributed by atoms with Crippen LogP contribution in [0.25, 0.3) is 22.0 Å². The van der Waals surface area contributed by atoms with Gasteiger partial charge in [0.05, 0.1) is 18.2 Å². The van der Waals surface area contributed by atoms with E-state index in [4.69, 9.17) is 4.74 Å². The minimum absolute atomic E-state index is 0.169. The Bertz CT molecular complexity index is 1330. The highest BCUT2D eigenvalue weighted by molar-refractivity contribution is 9.10. The van der Waals surface area contributed by atoms with Gasteiger partial charge in [0.2, 0.25) is 0 Å². The van der Waals surface area contributed by atoms with Crippen LogP contribution < -0.4 is 15.5 Å². The number of nitrogens with zero attached hydrogens (tertiary/aromatic N) is 1. The molecular weight excluding hydrogens is 444 g/mol. The Morgan fingerprint density at radius 3 is 2.50 bits per heavy atom. The van der Waals surface area contributed by atoms with Gasteiger partial charge in [0.15, 0.2) is 5.43 Å². The highest BCUT2D eigenvalue weighted by atomic mass is 79.9. The summed E-state index contributed by atoms with van der Waals surface area (Å²) in [6, 6.07) is 21.7. The standard InChI is InChI=1S/C24H19BrN2O3/c1-27-19-12-5-3-10-17(19)22(28)21(18-11-4-6-13-20(18)30-2)23(27)26-24(29)15-8-7-9-16(25)14-15/h3-14H,1-2H3,(H,26,29). The molecule has 30 heavy (non-hydrogen) atoms. The topological polar surface area (TPSA) is 60.3 Å². The number of para-hydroxylation sites is 2. The van der Waals surface area contributed by atoms with Crippen LogP contribution in [0.4, 0.5) is 5.82 Å². The van der Waals surface area contributed by atoms with Gasteiger partial charge < -0.3 is 14.6 Å². The lowest BCUT2D eigenvalue weighted by Crippen LogP contribution is -2.21. The van der Waals surface area contributed by atoms with Crippen molar-refractivity contribution in [2.75, 3.05) is 12.4 Å². The Morgan fingerprint density at radius 2 is 1.73 bits per heavy atom. The molecule has 0 aliphatic heterocycles. The highest BCUT2D eigenvalue weighted by Gasteiger charge is 2.21. The zero-order valence-corrected chi connectivity index (χ0v) is 18.1. The van der Waals surface area contributed by atoms with E-state index in [0.29, 0.717) is 33.6 Å². The second-order valence-corrected chi connectivity index (χ2v) is 7.71. The molecule has 1 N–H and O–H groups in total. The molecule has 0 saturated carbocycles. The number of pyridine rings is 1. The first-order valence-electron chi connectivity index (χ1n) is 9.33. The minimum Gasteiger partial charge on any atom is -0.496 e. The second kappa shape index (κ2) is 8.16. The molecular formula is C24H19BrN2O3. The minimum atomic E-state index is -0.308. The van der Waals surface area contributed by atoms with E-state index in [-0.39, 0.29) is 11.3 Å². The van der Waals surface area contributed by atoms with Crippen molar-refractivity contribution in [3.05, 3.63) is 93.1 Å². The smallest absolute Gasteiger partial charge is 0.256 e. The largest absolute Gasteiger partial charge is 0.496 e. The zero-order valence-electron chi connectivity index (χ0n) is 16.5. The average molecular weight is 463 g/mol. The van der Waals surface area contributed by atoms with Crippen LogP contribution in [0, 0.1) is 0 Å². The van der Waals surface area contributed by atoms with Gasteiger partial charge in [0.25, 0.3) is 5.91 Å². The molecule has 0 fully saturated rings. The lowest BCUT2D eigenvalue weighted by molar-refractivity contribution is 0.102. The summed E-state index contributed by atoms with van der Waals surface area (Å²) >= 11 is 3.39. The van der Waals surface area contributed by atoms with E-state index in [2.05, 4.69) is 21.2 Å². The summed E-state index contributed by atoms with van der Waals surface area (Å²) in [5.41, 5.74) is 2.05. The number of fused-ring (bicyclic) bond motifs is 1. The summed E-state index contributed by atoms with van der Waals surface area (Å²) in [6.07, 6.45) is 0. The van der Waals surface area contributed by atoms with Crippen molar-refractivity contribution >= 4 is 38.6 Å². The predicted octanol–water partition coefficient (Wildman–Crippen LogP) is 5.23. The van der Waals surface area contributed by atoms with E-state index < -0.39 is 0 Å². The summed E-state index contributed by atoms with van der Waals surface area (Å²) < 4.78 is 8.13. The van der Waals surface area contributed by atoms with Crippen molar-refractivity contribution in [3.63, 3.8) is 0 Å². The quantitative estimate of drug-likeness (QED) is 0.451. The van der Waals surface area contributed by atoms with Crippen LogP contribution in [0.15, 0.2) is 82.1 Å². The van der Waals surface area contributed by atoms with Crippen LogP contribution >= 0.6 is 15.9 Å². The summed E-state index contributed by atoms with van der Waals surface area (Å²) in [5, 5.41) is 3.52. The number of hydrogen-bond donors (Lipinski definition) is 1. The first-order chi connectivity index (χ1) is 14.5. The number of nitrogens with one attached hydrogen (secondary N) is 1. The Balaban J connectivity index is 1.99. The summed E-state index contributed by atoms with van der Waals surface area (Å²) in [7, 11) is 3.39. The van der Waals surface area contributed by atoms with Crippen LogP contribution in [0.2, 0.25) is 0 Å². The van der Waals surface area contributed by atoms with Gasteiger partial charge >= 0.3 is 0 Å². The van der Waals surface area contributed by atoms with Gasteiger partial charge in [-0.05, 0) is 36.4 Å². The molecule has 4 rings (SSSR count). The number of aromatic nitrogens is 1. The van der Waals surface area contributed by atoms with Crippen molar-refractivity contribution in [3.8, 4) is 16.9 Å². The summed E-state index contributed by atoms with van der Waals surface area (Å²) in [5.74, 6) is 0.661. The van der Waals surface area contributed by atoms with E-state index in [1.165, 1.54) is 0 Å². The number of carbonyl (C=O) groups is 1. The molecule has 0 atom stereocenters. The van der Waals surface area contributed by atoms with Gasteiger partial charge in [0, 0.05) is 28.0 Å². The monoisotopic (exact) mass is 462 g/mol. The van der Waals surface area contributed by atoms with E-state index in [9.17, 15) is 9.59 Å². The maximum atomic E-state index is 13.5. The number of aryl methyl sites for hydroxylation is 1. The number of benzene rings is 3. The van der Waals surface area contributed by atoms with Crippen LogP contribution in [-0.2, 0) is 7.05 Å². The summed E-state index contributed by atoms with van der Waals surface area (Å²) in [6.45, 7) is 0. The maximum absolute atomic E-state index is 13.5. The van der Waals surface area contributed by atoms with E-state index >= 15 is 0 Å². The number of halogens is 1. The number of amides is 1. The normalized spacial score (nSPS) is 10.8. The van der Waals surface area contributed by atoms with E-state index in [1.807, 2.05) is 54.1 Å². The van der Waals surface area contributed by atoms with Crippen molar-refractivity contribution in [1.29, 1.82) is 0 Å². The van der Waals surface area contributed by atoms with Crippen LogP contribution in [0.1, 0.15) is 10.4 Å². The number of anilines is 1. The third kappa shape index (κ3) is 3.50. The molecule has 1 aromatic heterocycles. The molecule has 3 aromatic carbocycles.